The van der Waals surface area contributed by atoms with Crippen LogP contribution in [0, 0.1) is 13.8 Å². The van der Waals surface area contributed by atoms with Crippen LogP contribution >= 0.6 is 15.9 Å². The highest BCUT2D eigenvalue weighted by molar-refractivity contribution is 9.10. The Balaban J connectivity index is 1.10. The Morgan fingerprint density at radius 3 is 2.38 bits per heavy atom. The Hall–Kier alpha value is -4.56. The second-order valence-electron chi connectivity index (χ2n) is 9.16. The van der Waals surface area contributed by atoms with Gasteiger partial charge in [0.15, 0.2) is 5.76 Å². The molecule has 0 radical (unpaired) electrons. The first-order valence-electron chi connectivity index (χ1n) is 12.7. The van der Waals surface area contributed by atoms with Crippen LogP contribution < -0.4 is 14.9 Å². The molecule has 3 aromatic carbocycles. The number of aryl methyl sites for hydroxylation is 2. The Kier molecular flexibility index (Phi) is 8.47. The molecule has 5 rings (SSSR count). The molecule has 1 amide bonds. The summed E-state index contributed by atoms with van der Waals surface area (Å²) in [6, 6.07) is 30.9. The molecule has 0 spiro atoms. The number of furan rings is 1. The van der Waals surface area contributed by atoms with E-state index >= 15 is 0 Å². The van der Waals surface area contributed by atoms with Gasteiger partial charge in [-0.2, -0.15) is 5.10 Å². The van der Waals surface area contributed by atoms with Crippen LogP contribution in [-0.2, 0) is 13.2 Å². The van der Waals surface area contributed by atoms with E-state index in [1.165, 1.54) is 11.4 Å². The summed E-state index contributed by atoms with van der Waals surface area (Å²) in [5.74, 6) is 1.66. The third-order valence-corrected chi connectivity index (χ3v) is 6.83. The van der Waals surface area contributed by atoms with E-state index in [9.17, 15) is 4.79 Å². The molecule has 0 aliphatic heterocycles. The van der Waals surface area contributed by atoms with Gasteiger partial charge in [-0.15, -0.1) is 0 Å². The molecule has 2 aromatic heterocycles. The fraction of sp³-hybridized carbons (Fsp3) is 0.125. The van der Waals surface area contributed by atoms with Gasteiger partial charge in [-0.05, 0) is 108 Å². The lowest BCUT2D eigenvalue weighted by Crippen LogP contribution is -2.16. The molecule has 1 N–H and O–H groups in total. The maximum atomic E-state index is 12.5. The van der Waals surface area contributed by atoms with Crippen LogP contribution in [0.3, 0.4) is 0 Å². The number of hydrogen-bond donors (Lipinski definition) is 1. The van der Waals surface area contributed by atoms with Gasteiger partial charge in [-0.3, -0.25) is 4.79 Å². The molecular weight excluding hydrogens is 570 g/mol. The van der Waals surface area contributed by atoms with E-state index < -0.39 is 5.91 Å². The molecule has 0 atom stereocenters. The molecule has 2 heterocycles. The summed E-state index contributed by atoms with van der Waals surface area (Å²) >= 11 is 3.53. The lowest BCUT2D eigenvalue weighted by Gasteiger charge is -2.10. The number of amides is 1. The second-order valence-corrected chi connectivity index (χ2v) is 10.0. The molecule has 0 aliphatic rings. The standard InChI is InChI=1S/C32H28BrN3O4/c1-22-8-9-23(2)36(22)26-11-13-27(14-12-26)38-21-28-15-17-31(40-28)32(37)35-34-19-25-10-16-30(29(33)18-25)39-20-24-6-4-3-5-7-24/h3-19H,20-21H2,1-2H3,(H,35,37)/b34-19+. The van der Waals surface area contributed by atoms with E-state index in [2.05, 4.69) is 57.0 Å². The van der Waals surface area contributed by atoms with Crippen LogP contribution in [0.15, 0.2) is 111 Å². The number of rotatable bonds is 10. The Morgan fingerprint density at radius 2 is 1.65 bits per heavy atom. The van der Waals surface area contributed by atoms with Crippen molar-refractivity contribution in [3.05, 3.63) is 136 Å². The number of nitrogens with one attached hydrogen (secondary N) is 1. The van der Waals surface area contributed by atoms with Crippen LogP contribution in [0.1, 0.15) is 38.8 Å². The summed E-state index contributed by atoms with van der Waals surface area (Å²) in [6.07, 6.45) is 1.55. The van der Waals surface area contributed by atoms with Crippen molar-refractivity contribution in [2.24, 2.45) is 5.10 Å². The first-order chi connectivity index (χ1) is 19.5. The summed E-state index contributed by atoms with van der Waals surface area (Å²) in [5.41, 5.74) is 7.79. The Morgan fingerprint density at radius 1 is 0.900 bits per heavy atom. The van der Waals surface area contributed by atoms with E-state index in [0.29, 0.717) is 18.1 Å². The predicted octanol–water partition coefficient (Wildman–Crippen LogP) is 7.37. The minimum absolute atomic E-state index is 0.149. The first-order valence-corrected chi connectivity index (χ1v) is 13.5. The maximum absolute atomic E-state index is 12.5. The van der Waals surface area contributed by atoms with Crippen LogP contribution in [-0.4, -0.2) is 16.7 Å². The minimum Gasteiger partial charge on any atom is -0.488 e. The van der Waals surface area contributed by atoms with Gasteiger partial charge in [0.1, 0.15) is 30.5 Å². The normalized spacial score (nSPS) is 11.1. The zero-order chi connectivity index (χ0) is 27.9. The lowest BCUT2D eigenvalue weighted by atomic mass is 10.2. The number of halogens is 1. The van der Waals surface area contributed by atoms with E-state index in [4.69, 9.17) is 13.9 Å². The van der Waals surface area contributed by atoms with Crippen LogP contribution in [0.25, 0.3) is 5.69 Å². The quantitative estimate of drug-likeness (QED) is 0.135. The van der Waals surface area contributed by atoms with Gasteiger partial charge in [0, 0.05) is 17.1 Å². The number of aromatic nitrogens is 1. The van der Waals surface area contributed by atoms with Crippen LogP contribution in [0.5, 0.6) is 11.5 Å². The summed E-state index contributed by atoms with van der Waals surface area (Å²) in [5, 5.41) is 4.05. The SMILES string of the molecule is Cc1ccc(C)n1-c1ccc(OCc2ccc(C(=O)N/N=C/c3ccc(OCc4ccccc4)c(Br)c3)o2)cc1. The highest BCUT2D eigenvalue weighted by Crippen LogP contribution is 2.26. The van der Waals surface area contributed by atoms with Crippen molar-refractivity contribution in [1.82, 2.24) is 9.99 Å². The van der Waals surface area contributed by atoms with Gasteiger partial charge in [0.2, 0.25) is 0 Å². The monoisotopic (exact) mass is 597 g/mol. The molecule has 7 nitrogen and oxygen atoms in total. The number of ether oxygens (including phenoxy) is 2. The fourth-order valence-corrected chi connectivity index (χ4v) is 4.68. The van der Waals surface area contributed by atoms with Crippen LogP contribution in [0.2, 0.25) is 0 Å². The molecular formula is C32H28BrN3O4. The van der Waals surface area contributed by atoms with Gasteiger partial charge >= 0.3 is 5.91 Å². The third kappa shape index (κ3) is 6.71. The predicted molar refractivity (Wildman–Crippen MR) is 158 cm³/mol. The van der Waals surface area contributed by atoms with Gasteiger partial charge in [0.05, 0.1) is 10.7 Å². The van der Waals surface area contributed by atoms with E-state index in [0.717, 1.165) is 27.0 Å². The third-order valence-electron chi connectivity index (χ3n) is 6.21. The largest absolute Gasteiger partial charge is 0.488 e. The molecule has 0 saturated carbocycles. The molecule has 202 valence electrons. The lowest BCUT2D eigenvalue weighted by molar-refractivity contribution is 0.0923. The van der Waals surface area contributed by atoms with Gasteiger partial charge in [-0.25, -0.2) is 5.43 Å². The van der Waals surface area contributed by atoms with Crippen molar-refractivity contribution in [2.75, 3.05) is 0 Å². The molecule has 8 heteroatoms. The summed E-state index contributed by atoms with van der Waals surface area (Å²) < 4.78 is 20.3. The Bertz CT molecular complexity index is 1600. The summed E-state index contributed by atoms with van der Waals surface area (Å²) in [4.78, 5) is 12.5. The first kappa shape index (κ1) is 27.0. The number of carbonyl (C=O) groups excluding carboxylic acids is 1. The fourth-order valence-electron chi connectivity index (χ4n) is 4.17. The smallest absolute Gasteiger partial charge is 0.307 e. The van der Waals surface area contributed by atoms with Crippen molar-refractivity contribution in [3.8, 4) is 17.2 Å². The number of benzene rings is 3. The second kappa shape index (κ2) is 12.5. The average Bonchev–Trinajstić information content (AvgIpc) is 3.58. The Labute approximate surface area is 241 Å². The van der Waals surface area contributed by atoms with Gasteiger partial charge < -0.3 is 18.5 Å². The number of nitrogens with zero attached hydrogens (tertiary/aromatic N) is 2. The van der Waals surface area contributed by atoms with E-state index in [-0.39, 0.29) is 12.4 Å². The molecule has 40 heavy (non-hydrogen) atoms. The summed E-state index contributed by atoms with van der Waals surface area (Å²) in [7, 11) is 0. The van der Waals surface area contributed by atoms with Crippen molar-refractivity contribution in [2.45, 2.75) is 27.1 Å². The number of carbonyl (C=O) groups is 1. The van der Waals surface area contributed by atoms with Crippen LogP contribution in [0.4, 0.5) is 0 Å². The van der Waals surface area contributed by atoms with Crippen molar-refractivity contribution in [1.29, 1.82) is 0 Å². The van der Waals surface area contributed by atoms with E-state index in [1.807, 2.05) is 72.8 Å². The minimum atomic E-state index is -0.453. The van der Waals surface area contributed by atoms with Crippen molar-refractivity contribution in [3.63, 3.8) is 0 Å². The maximum Gasteiger partial charge on any atom is 0.307 e. The zero-order valence-electron chi connectivity index (χ0n) is 22.1. The number of hydrogen-bond acceptors (Lipinski definition) is 5. The highest BCUT2D eigenvalue weighted by Gasteiger charge is 2.11. The van der Waals surface area contributed by atoms with Crippen molar-refractivity contribution >= 4 is 28.1 Å². The van der Waals surface area contributed by atoms with Gasteiger partial charge in [0.25, 0.3) is 0 Å². The highest BCUT2D eigenvalue weighted by atomic mass is 79.9. The van der Waals surface area contributed by atoms with Crippen molar-refractivity contribution < 1.29 is 18.7 Å². The molecule has 0 saturated heterocycles. The number of hydrazone groups is 1. The van der Waals surface area contributed by atoms with Gasteiger partial charge in [-0.1, -0.05) is 30.3 Å². The molecule has 0 aliphatic carbocycles. The zero-order valence-corrected chi connectivity index (χ0v) is 23.7. The average molecular weight is 598 g/mol. The van der Waals surface area contributed by atoms with E-state index in [1.54, 1.807) is 18.3 Å². The topological polar surface area (TPSA) is 78.0 Å². The molecule has 0 unspecified atom stereocenters. The molecule has 0 bridgehead atoms. The molecule has 5 aromatic rings. The molecule has 0 fully saturated rings. The summed E-state index contributed by atoms with van der Waals surface area (Å²) in [6.45, 7) is 4.82.